The molecule has 3 rings (SSSR count). The van der Waals surface area contributed by atoms with Gasteiger partial charge in [-0.25, -0.2) is 0 Å². The van der Waals surface area contributed by atoms with Crippen LogP contribution in [-0.2, 0) is 13.1 Å². The predicted molar refractivity (Wildman–Crippen MR) is 76.6 cm³/mol. The normalized spacial score (nSPS) is 13.4. The van der Waals surface area contributed by atoms with Crippen LogP contribution in [0.2, 0.25) is 5.02 Å². The van der Waals surface area contributed by atoms with Crippen LogP contribution in [0.1, 0.15) is 32.6 Å². The summed E-state index contributed by atoms with van der Waals surface area (Å²) in [6, 6.07) is 11.3. The summed E-state index contributed by atoms with van der Waals surface area (Å²) in [5.41, 5.74) is 4.84. The third kappa shape index (κ3) is 2.29. The molecule has 96 valence electrons. The van der Waals surface area contributed by atoms with Gasteiger partial charge in [0, 0.05) is 29.2 Å². The summed E-state index contributed by atoms with van der Waals surface area (Å²) in [6.07, 6.45) is 0. The molecule has 0 saturated carbocycles. The molecule has 0 aliphatic carbocycles. The van der Waals surface area contributed by atoms with Gasteiger partial charge in [-0.1, -0.05) is 35.9 Å². The Kier molecular flexibility index (Phi) is 3.13. The SMILES string of the molecule is Cc1ccc(C(=O)c2ccc3c(c2)CNC3)cc1Cl. The first-order chi connectivity index (χ1) is 9.15. The van der Waals surface area contributed by atoms with Crippen LogP contribution in [0.4, 0.5) is 0 Å². The zero-order chi connectivity index (χ0) is 13.4. The van der Waals surface area contributed by atoms with E-state index in [1.54, 1.807) is 6.07 Å². The fourth-order valence-electron chi connectivity index (χ4n) is 2.34. The first-order valence-corrected chi connectivity index (χ1v) is 6.66. The molecule has 0 unspecified atom stereocenters. The number of rotatable bonds is 2. The zero-order valence-electron chi connectivity index (χ0n) is 10.7. The molecular weight excluding hydrogens is 258 g/mol. The highest BCUT2D eigenvalue weighted by molar-refractivity contribution is 6.31. The van der Waals surface area contributed by atoms with Crippen molar-refractivity contribution in [2.45, 2.75) is 20.0 Å². The molecule has 0 fully saturated rings. The predicted octanol–water partition coefficient (Wildman–Crippen LogP) is 3.48. The zero-order valence-corrected chi connectivity index (χ0v) is 11.4. The van der Waals surface area contributed by atoms with Crippen molar-refractivity contribution in [2.75, 3.05) is 0 Å². The van der Waals surface area contributed by atoms with E-state index in [0.717, 1.165) is 24.2 Å². The summed E-state index contributed by atoms with van der Waals surface area (Å²) in [7, 11) is 0. The van der Waals surface area contributed by atoms with E-state index in [-0.39, 0.29) is 5.78 Å². The second kappa shape index (κ2) is 4.80. The number of fused-ring (bicyclic) bond motifs is 1. The van der Waals surface area contributed by atoms with Crippen LogP contribution in [-0.4, -0.2) is 5.78 Å². The molecule has 0 amide bonds. The number of benzene rings is 2. The molecule has 19 heavy (non-hydrogen) atoms. The van der Waals surface area contributed by atoms with Crippen molar-refractivity contribution >= 4 is 17.4 Å². The van der Waals surface area contributed by atoms with Crippen LogP contribution in [0.5, 0.6) is 0 Å². The van der Waals surface area contributed by atoms with Gasteiger partial charge in [0.1, 0.15) is 0 Å². The van der Waals surface area contributed by atoms with Crippen LogP contribution < -0.4 is 5.32 Å². The Balaban J connectivity index is 1.97. The van der Waals surface area contributed by atoms with Gasteiger partial charge in [-0.15, -0.1) is 0 Å². The Hall–Kier alpha value is -1.64. The van der Waals surface area contributed by atoms with Crippen molar-refractivity contribution < 1.29 is 4.79 Å². The van der Waals surface area contributed by atoms with Gasteiger partial charge in [0.25, 0.3) is 0 Å². The van der Waals surface area contributed by atoms with Crippen molar-refractivity contribution in [2.24, 2.45) is 0 Å². The van der Waals surface area contributed by atoms with Crippen LogP contribution >= 0.6 is 11.6 Å². The smallest absolute Gasteiger partial charge is 0.193 e. The summed E-state index contributed by atoms with van der Waals surface area (Å²) in [5, 5.41) is 3.91. The van der Waals surface area contributed by atoms with E-state index in [4.69, 9.17) is 11.6 Å². The number of hydrogen-bond acceptors (Lipinski definition) is 2. The maximum absolute atomic E-state index is 12.4. The van der Waals surface area contributed by atoms with Gasteiger partial charge in [-0.3, -0.25) is 4.79 Å². The fourth-order valence-corrected chi connectivity index (χ4v) is 2.52. The molecule has 1 heterocycles. The van der Waals surface area contributed by atoms with Crippen LogP contribution in [0, 0.1) is 6.92 Å². The highest BCUT2D eigenvalue weighted by Gasteiger charge is 2.15. The third-order valence-corrected chi connectivity index (χ3v) is 3.94. The Morgan fingerprint density at radius 1 is 1.05 bits per heavy atom. The first kappa shape index (κ1) is 12.4. The molecule has 2 nitrogen and oxygen atoms in total. The lowest BCUT2D eigenvalue weighted by molar-refractivity contribution is 0.103. The molecule has 2 aromatic carbocycles. The second-order valence-corrected chi connectivity index (χ2v) is 5.29. The largest absolute Gasteiger partial charge is 0.309 e. The number of ketones is 1. The molecule has 1 N–H and O–H groups in total. The standard InChI is InChI=1S/C16H14ClNO/c1-10-2-3-12(7-15(10)17)16(19)11-4-5-13-8-18-9-14(13)6-11/h2-7,18H,8-9H2,1H3. The summed E-state index contributed by atoms with van der Waals surface area (Å²) < 4.78 is 0. The minimum absolute atomic E-state index is 0.0246. The summed E-state index contributed by atoms with van der Waals surface area (Å²) in [4.78, 5) is 12.4. The Labute approximate surface area is 117 Å². The topological polar surface area (TPSA) is 29.1 Å². The molecule has 1 aliphatic rings. The van der Waals surface area contributed by atoms with Crippen LogP contribution in [0.3, 0.4) is 0 Å². The minimum atomic E-state index is 0.0246. The van der Waals surface area contributed by atoms with Crippen molar-refractivity contribution in [1.29, 1.82) is 0 Å². The molecule has 3 heteroatoms. The van der Waals surface area contributed by atoms with E-state index >= 15 is 0 Å². The van der Waals surface area contributed by atoms with Gasteiger partial charge in [0.05, 0.1) is 0 Å². The monoisotopic (exact) mass is 271 g/mol. The second-order valence-electron chi connectivity index (χ2n) is 4.88. The van der Waals surface area contributed by atoms with E-state index in [2.05, 4.69) is 5.32 Å². The molecule has 0 aromatic heterocycles. The lowest BCUT2D eigenvalue weighted by Crippen LogP contribution is -2.03. The van der Waals surface area contributed by atoms with Crippen molar-refractivity contribution in [3.8, 4) is 0 Å². The number of carbonyl (C=O) groups excluding carboxylic acids is 1. The Morgan fingerprint density at radius 3 is 2.53 bits per heavy atom. The number of hydrogen-bond donors (Lipinski definition) is 1. The van der Waals surface area contributed by atoms with E-state index < -0.39 is 0 Å². The molecule has 0 atom stereocenters. The average Bonchev–Trinajstić information content (AvgIpc) is 2.88. The molecule has 0 saturated heterocycles. The first-order valence-electron chi connectivity index (χ1n) is 6.28. The van der Waals surface area contributed by atoms with Gasteiger partial charge in [-0.05, 0) is 35.7 Å². The molecular formula is C16H14ClNO. The average molecular weight is 272 g/mol. The Bertz CT molecular complexity index is 664. The van der Waals surface area contributed by atoms with E-state index in [1.807, 2.05) is 37.3 Å². The highest BCUT2D eigenvalue weighted by Crippen LogP contribution is 2.22. The van der Waals surface area contributed by atoms with Crippen LogP contribution in [0.25, 0.3) is 0 Å². The van der Waals surface area contributed by atoms with Gasteiger partial charge >= 0.3 is 0 Å². The Morgan fingerprint density at radius 2 is 1.74 bits per heavy atom. The quantitative estimate of drug-likeness (QED) is 0.848. The number of nitrogens with one attached hydrogen (secondary N) is 1. The van der Waals surface area contributed by atoms with Crippen LogP contribution in [0.15, 0.2) is 36.4 Å². The molecule has 0 spiro atoms. The highest BCUT2D eigenvalue weighted by atomic mass is 35.5. The number of aryl methyl sites for hydroxylation is 1. The third-order valence-electron chi connectivity index (χ3n) is 3.53. The molecule has 2 aromatic rings. The van der Waals surface area contributed by atoms with Gasteiger partial charge < -0.3 is 5.32 Å². The van der Waals surface area contributed by atoms with E-state index in [9.17, 15) is 4.79 Å². The van der Waals surface area contributed by atoms with E-state index in [0.29, 0.717) is 10.6 Å². The number of halogens is 1. The van der Waals surface area contributed by atoms with Crippen molar-refractivity contribution in [3.63, 3.8) is 0 Å². The number of carbonyl (C=O) groups is 1. The van der Waals surface area contributed by atoms with Crippen molar-refractivity contribution in [3.05, 3.63) is 69.2 Å². The molecule has 0 bridgehead atoms. The molecule has 0 radical (unpaired) electrons. The summed E-state index contributed by atoms with van der Waals surface area (Å²) in [6.45, 7) is 3.66. The summed E-state index contributed by atoms with van der Waals surface area (Å²) >= 11 is 6.08. The van der Waals surface area contributed by atoms with E-state index in [1.165, 1.54) is 11.1 Å². The lowest BCUT2D eigenvalue weighted by atomic mass is 9.99. The summed E-state index contributed by atoms with van der Waals surface area (Å²) in [5.74, 6) is 0.0246. The van der Waals surface area contributed by atoms with Gasteiger partial charge in [0.15, 0.2) is 5.78 Å². The molecule has 1 aliphatic heterocycles. The van der Waals surface area contributed by atoms with Crippen molar-refractivity contribution in [1.82, 2.24) is 5.32 Å². The maximum Gasteiger partial charge on any atom is 0.193 e. The lowest BCUT2D eigenvalue weighted by Gasteiger charge is -2.05. The fraction of sp³-hybridized carbons (Fsp3) is 0.188. The minimum Gasteiger partial charge on any atom is -0.309 e. The van der Waals surface area contributed by atoms with Gasteiger partial charge in [0.2, 0.25) is 0 Å². The van der Waals surface area contributed by atoms with Gasteiger partial charge in [-0.2, -0.15) is 0 Å². The maximum atomic E-state index is 12.4.